The van der Waals surface area contributed by atoms with Crippen LogP contribution in [0.3, 0.4) is 0 Å². The SMILES string of the molecule is Clc1cccc(Cl)c1C(Cl)Cl. The summed E-state index contributed by atoms with van der Waals surface area (Å²) >= 11 is 22.8. The summed E-state index contributed by atoms with van der Waals surface area (Å²) < 4.78 is 0. The Labute approximate surface area is 85.0 Å². The molecule has 11 heavy (non-hydrogen) atoms. The summed E-state index contributed by atoms with van der Waals surface area (Å²) in [6.07, 6.45) is 0. The van der Waals surface area contributed by atoms with E-state index in [2.05, 4.69) is 0 Å². The third kappa shape index (κ3) is 2.16. The number of hydrogen-bond donors (Lipinski definition) is 0. The molecule has 0 nitrogen and oxygen atoms in total. The molecule has 0 aliphatic rings. The van der Waals surface area contributed by atoms with Gasteiger partial charge in [0.25, 0.3) is 0 Å². The molecule has 0 saturated carbocycles. The monoisotopic (exact) mass is 228 g/mol. The lowest BCUT2D eigenvalue weighted by atomic mass is 10.2. The molecular weight excluding hydrogens is 226 g/mol. The number of hydrogen-bond acceptors (Lipinski definition) is 0. The van der Waals surface area contributed by atoms with Crippen LogP contribution < -0.4 is 0 Å². The van der Waals surface area contributed by atoms with Crippen molar-refractivity contribution in [1.82, 2.24) is 0 Å². The van der Waals surface area contributed by atoms with E-state index in [1.807, 2.05) is 0 Å². The summed E-state index contributed by atoms with van der Waals surface area (Å²) in [6, 6.07) is 5.13. The van der Waals surface area contributed by atoms with Gasteiger partial charge >= 0.3 is 0 Å². The lowest BCUT2D eigenvalue weighted by molar-refractivity contribution is 1.35. The Morgan fingerprint density at radius 1 is 1.00 bits per heavy atom. The zero-order chi connectivity index (χ0) is 8.43. The van der Waals surface area contributed by atoms with Gasteiger partial charge in [0.2, 0.25) is 0 Å². The Balaban J connectivity index is 3.21. The first-order chi connectivity index (χ1) is 5.13. The predicted octanol–water partition coefficient (Wildman–Crippen LogP) is 4.47. The molecule has 0 aliphatic heterocycles. The van der Waals surface area contributed by atoms with Gasteiger partial charge in [-0.3, -0.25) is 0 Å². The quantitative estimate of drug-likeness (QED) is 0.624. The molecule has 0 saturated heterocycles. The molecule has 0 aromatic heterocycles. The van der Waals surface area contributed by atoms with Crippen molar-refractivity contribution >= 4 is 46.4 Å². The van der Waals surface area contributed by atoms with Gasteiger partial charge in [-0.15, -0.1) is 0 Å². The fourth-order valence-corrected chi connectivity index (χ4v) is 2.03. The molecule has 0 heterocycles. The summed E-state index contributed by atoms with van der Waals surface area (Å²) in [6.45, 7) is 0. The molecule has 1 rings (SSSR count). The zero-order valence-electron chi connectivity index (χ0n) is 5.32. The maximum Gasteiger partial charge on any atom is 0.135 e. The highest BCUT2D eigenvalue weighted by atomic mass is 35.5. The normalized spacial score (nSPS) is 10.6. The van der Waals surface area contributed by atoms with Crippen molar-refractivity contribution in [3.8, 4) is 0 Å². The molecule has 1 aromatic carbocycles. The first-order valence-corrected chi connectivity index (χ1v) is 4.48. The van der Waals surface area contributed by atoms with Crippen LogP contribution in [0.1, 0.15) is 10.4 Å². The van der Waals surface area contributed by atoms with E-state index in [-0.39, 0.29) is 0 Å². The lowest BCUT2D eigenvalue weighted by Crippen LogP contribution is -1.84. The minimum absolute atomic E-state index is 0.493. The van der Waals surface area contributed by atoms with Crippen molar-refractivity contribution in [3.63, 3.8) is 0 Å². The van der Waals surface area contributed by atoms with E-state index in [0.717, 1.165) is 0 Å². The second-order valence-electron chi connectivity index (χ2n) is 1.94. The molecule has 0 bridgehead atoms. The van der Waals surface area contributed by atoms with Gasteiger partial charge in [0.1, 0.15) is 4.84 Å². The van der Waals surface area contributed by atoms with Crippen LogP contribution in [0.5, 0.6) is 0 Å². The van der Waals surface area contributed by atoms with Crippen LogP contribution in [0.25, 0.3) is 0 Å². The van der Waals surface area contributed by atoms with E-state index in [0.29, 0.717) is 15.6 Å². The van der Waals surface area contributed by atoms with E-state index >= 15 is 0 Å². The molecular formula is C7H4Cl4. The van der Waals surface area contributed by atoms with E-state index in [9.17, 15) is 0 Å². The van der Waals surface area contributed by atoms with E-state index < -0.39 is 4.84 Å². The molecule has 0 amide bonds. The van der Waals surface area contributed by atoms with Crippen molar-refractivity contribution in [3.05, 3.63) is 33.8 Å². The standard InChI is InChI=1S/C7H4Cl4/c8-4-2-1-3-5(9)6(4)7(10)11/h1-3,7H. The molecule has 0 aliphatic carbocycles. The van der Waals surface area contributed by atoms with Gasteiger partial charge in [-0.1, -0.05) is 52.5 Å². The predicted molar refractivity (Wildman–Crippen MR) is 50.9 cm³/mol. The second kappa shape index (κ2) is 3.86. The van der Waals surface area contributed by atoms with Gasteiger partial charge in [0, 0.05) is 15.6 Å². The highest BCUT2D eigenvalue weighted by Gasteiger charge is 2.11. The largest absolute Gasteiger partial charge is 0.135 e. The molecule has 0 spiro atoms. The highest BCUT2D eigenvalue weighted by molar-refractivity contribution is 6.47. The van der Waals surface area contributed by atoms with Crippen LogP contribution in [0.2, 0.25) is 10.0 Å². The van der Waals surface area contributed by atoms with Crippen LogP contribution in [0.15, 0.2) is 18.2 Å². The van der Waals surface area contributed by atoms with E-state index in [1.54, 1.807) is 18.2 Å². The number of benzene rings is 1. The van der Waals surface area contributed by atoms with Gasteiger partial charge in [-0.2, -0.15) is 0 Å². The first-order valence-electron chi connectivity index (χ1n) is 2.85. The molecule has 0 fully saturated rings. The molecule has 0 atom stereocenters. The fourth-order valence-electron chi connectivity index (χ4n) is 0.719. The summed E-state index contributed by atoms with van der Waals surface area (Å²) in [5.41, 5.74) is 0.569. The molecule has 1 aromatic rings. The van der Waals surface area contributed by atoms with Gasteiger partial charge in [-0.05, 0) is 12.1 Å². The van der Waals surface area contributed by atoms with E-state index in [1.165, 1.54) is 0 Å². The molecule has 60 valence electrons. The van der Waals surface area contributed by atoms with Gasteiger partial charge in [-0.25, -0.2) is 0 Å². The zero-order valence-corrected chi connectivity index (χ0v) is 8.34. The first kappa shape index (κ1) is 9.47. The topological polar surface area (TPSA) is 0 Å². The van der Waals surface area contributed by atoms with Crippen LogP contribution in [0, 0.1) is 0 Å². The summed E-state index contributed by atoms with van der Waals surface area (Å²) in [5.74, 6) is 0. The summed E-state index contributed by atoms with van der Waals surface area (Å²) in [4.78, 5) is -0.670. The van der Waals surface area contributed by atoms with Crippen LogP contribution >= 0.6 is 46.4 Å². The molecule has 0 N–H and O–H groups in total. The van der Waals surface area contributed by atoms with Crippen LogP contribution in [-0.2, 0) is 0 Å². The number of alkyl halides is 2. The Hall–Kier alpha value is 0.380. The summed E-state index contributed by atoms with van der Waals surface area (Å²) in [7, 11) is 0. The third-order valence-electron chi connectivity index (χ3n) is 1.22. The summed E-state index contributed by atoms with van der Waals surface area (Å²) in [5, 5.41) is 0.986. The van der Waals surface area contributed by atoms with E-state index in [4.69, 9.17) is 46.4 Å². The van der Waals surface area contributed by atoms with Crippen molar-refractivity contribution in [2.24, 2.45) is 0 Å². The maximum atomic E-state index is 5.77. The molecule has 0 radical (unpaired) electrons. The minimum atomic E-state index is -0.670. The minimum Gasteiger partial charge on any atom is -0.0999 e. The second-order valence-corrected chi connectivity index (χ2v) is 3.85. The van der Waals surface area contributed by atoms with Crippen molar-refractivity contribution in [1.29, 1.82) is 0 Å². The Morgan fingerprint density at radius 3 is 1.73 bits per heavy atom. The Bertz CT molecular complexity index is 236. The smallest absolute Gasteiger partial charge is 0.0999 e. The van der Waals surface area contributed by atoms with Crippen LogP contribution in [0.4, 0.5) is 0 Å². The van der Waals surface area contributed by atoms with Gasteiger partial charge in [0.15, 0.2) is 0 Å². The van der Waals surface area contributed by atoms with Crippen molar-refractivity contribution in [2.45, 2.75) is 4.84 Å². The number of halogens is 4. The van der Waals surface area contributed by atoms with Gasteiger partial charge < -0.3 is 0 Å². The average Bonchev–Trinajstić information content (AvgIpc) is 1.85. The Morgan fingerprint density at radius 2 is 1.45 bits per heavy atom. The highest BCUT2D eigenvalue weighted by Crippen LogP contribution is 2.35. The average molecular weight is 230 g/mol. The van der Waals surface area contributed by atoms with Crippen molar-refractivity contribution in [2.75, 3.05) is 0 Å². The lowest BCUT2D eigenvalue weighted by Gasteiger charge is -2.05. The third-order valence-corrected chi connectivity index (χ3v) is 2.31. The van der Waals surface area contributed by atoms with Crippen molar-refractivity contribution < 1.29 is 0 Å². The number of rotatable bonds is 1. The van der Waals surface area contributed by atoms with Gasteiger partial charge in [0.05, 0.1) is 0 Å². The molecule has 0 unspecified atom stereocenters. The fraction of sp³-hybridized carbons (Fsp3) is 0.143. The Kier molecular flexibility index (Phi) is 3.32. The molecule has 4 heteroatoms. The van der Waals surface area contributed by atoms with Crippen LogP contribution in [-0.4, -0.2) is 0 Å². The maximum absolute atomic E-state index is 5.77.